The van der Waals surface area contributed by atoms with Crippen LogP contribution in [0.4, 0.5) is 0 Å². The van der Waals surface area contributed by atoms with E-state index in [2.05, 4.69) is 31.3 Å². The molecule has 0 spiro atoms. The van der Waals surface area contributed by atoms with Crippen molar-refractivity contribution >= 4 is 5.91 Å². The lowest BCUT2D eigenvalue weighted by molar-refractivity contribution is -0.122. The molecule has 3 heteroatoms. The zero-order valence-electron chi connectivity index (χ0n) is 13.5. The smallest absolute Gasteiger partial charge is 0.241 e. The van der Waals surface area contributed by atoms with Gasteiger partial charge in [0, 0.05) is 12.0 Å². The van der Waals surface area contributed by atoms with Crippen molar-refractivity contribution in [2.75, 3.05) is 6.54 Å². The number of nitrogens with one attached hydrogen (secondary N) is 1. The SMILES string of the molecule is Cc1ccc(C(N)C(=O)NCC(C)(C)c2ccccc2)cc1. The molecule has 0 aliphatic carbocycles. The van der Waals surface area contributed by atoms with Gasteiger partial charge in [-0.25, -0.2) is 0 Å². The van der Waals surface area contributed by atoms with Gasteiger partial charge in [-0.1, -0.05) is 74.0 Å². The van der Waals surface area contributed by atoms with Gasteiger partial charge in [0.05, 0.1) is 0 Å². The molecule has 1 amide bonds. The van der Waals surface area contributed by atoms with E-state index in [4.69, 9.17) is 5.73 Å². The molecule has 1 atom stereocenters. The van der Waals surface area contributed by atoms with Crippen LogP contribution < -0.4 is 11.1 Å². The third-order valence-electron chi connectivity index (χ3n) is 3.98. The first kappa shape index (κ1) is 16.2. The van der Waals surface area contributed by atoms with E-state index in [1.807, 2.05) is 49.4 Å². The minimum absolute atomic E-state index is 0.135. The van der Waals surface area contributed by atoms with Crippen molar-refractivity contribution in [1.29, 1.82) is 0 Å². The van der Waals surface area contributed by atoms with Crippen molar-refractivity contribution < 1.29 is 4.79 Å². The lowest BCUT2D eigenvalue weighted by Gasteiger charge is -2.26. The van der Waals surface area contributed by atoms with E-state index in [9.17, 15) is 4.79 Å². The van der Waals surface area contributed by atoms with E-state index >= 15 is 0 Å². The molecule has 0 bridgehead atoms. The fourth-order valence-electron chi connectivity index (χ4n) is 2.33. The van der Waals surface area contributed by atoms with Crippen LogP contribution in [0.5, 0.6) is 0 Å². The van der Waals surface area contributed by atoms with Gasteiger partial charge in [-0.15, -0.1) is 0 Å². The largest absolute Gasteiger partial charge is 0.354 e. The highest BCUT2D eigenvalue weighted by molar-refractivity contribution is 5.83. The molecule has 2 aromatic carbocycles. The van der Waals surface area contributed by atoms with E-state index in [0.29, 0.717) is 6.54 Å². The molecule has 2 aromatic rings. The normalized spacial score (nSPS) is 12.7. The molecule has 0 radical (unpaired) electrons. The third kappa shape index (κ3) is 3.95. The molecule has 0 saturated carbocycles. The molecule has 3 N–H and O–H groups in total. The first-order chi connectivity index (χ1) is 10.4. The van der Waals surface area contributed by atoms with Gasteiger partial charge in [0.15, 0.2) is 0 Å². The van der Waals surface area contributed by atoms with Gasteiger partial charge in [-0.2, -0.15) is 0 Å². The second kappa shape index (κ2) is 6.75. The maximum Gasteiger partial charge on any atom is 0.241 e. The molecule has 0 aliphatic heterocycles. The summed E-state index contributed by atoms with van der Waals surface area (Å²) in [6.45, 7) is 6.78. The van der Waals surface area contributed by atoms with Crippen LogP contribution in [-0.4, -0.2) is 12.5 Å². The zero-order valence-corrected chi connectivity index (χ0v) is 13.5. The van der Waals surface area contributed by atoms with Crippen molar-refractivity contribution in [2.45, 2.75) is 32.2 Å². The molecule has 0 aromatic heterocycles. The van der Waals surface area contributed by atoms with Crippen LogP contribution >= 0.6 is 0 Å². The molecule has 1 unspecified atom stereocenters. The summed E-state index contributed by atoms with van der Waals surface area (Å²) in [7, 11) is 0. The van der Waals surface area contributed by atoms with Gasteiger partial charge >= 0.3 is 0 Å². The summed E-state index contributed by atoms with van der Waals surface area (Å²) in [5.41, 5.74) is 9.09. The Hall–Kier alpha value is -2.13. The minimum Gasteiger partial charge on any atom is -0.354 e. The summed E-state index contributed by atoms with van der Waals surface area (Å²) < 4.78 is 0. The maximum absolute atomic E-state index is 12.3. The van der Waals surface area contributed by atoms with Gasteiger partial charge in [-0.05, 0) is 18.1 Å². The van der Waals surface area contributed by atoms with Crippen LogP contribution in [0.2, 0.25) is 0 Å². The number of carbonyl (C=O) groups excluding carboxylic acids is 1. The van der Waals surface area contributed by atoms with E-state index in [0.717, 1.165) is 11.1 Å². The van der Waals surface area contributed by atoms with Gasteiger partial charge in [0.25, 0.3) is 0 Å². The van der Waals surface area contributed by atoms with E-state index < -0.39 is 6.04 Å². The molecular formula is C19H24N2O. The van der Waals surface area contributed by atoms with E-state index in [1.165, 1.54) is 5.56 Å². The first-order valence-corrected chi connectivity index (χ1v) is 7.55. The van der Waals surface area contributed by atoms with Gasteiger partial charge in [0.1, 0.15) is 6.04 Å². The van der Waals surface area contributed by atoms with Crippen LogP contribution in [-0.2, 0) is 10.2 Å². The van der Waals surface area contributed by atoms with Gasteiger partial charge in [0.2, 0.25) is 5.91 Å². The fraction of sp³-hybridized carbons (Fsp3) is 0.316. The van der Waals surface area contributed by atoms with Crippen molar-refractivity contribution in [2.24, 2.45) is 5.73 Å². The van der Waals surface area contributed by atoms with Crippen molar-refractivity contribution in [3.63, 3.8) is 0 Å². The first-order valence-electron chi connectivity index (χ1n) is 7.55. The number of hydrogen-bond acceptors (Lipinski definition) is 2. The van der Waals surface area contributed by atoms with E-state index in [1.54, 1.807) is 0 Å². The number of amides is 1. The summed E-state index contributed by atoms with van der Waals surface area (Å²) in [5.74, 6) is -0.146. The predicted octanol–water partition coefficient (Wildman–Crippen LogP) is 3.09. The summed E-state index contributed by atoms with van der Waals surface area (Å²) in [5, 5.41) is 2.97. The minimum atomic E-state index is -0.632. The van der Waals surface area contributed by atoms with Crippen LogP contribution in [0.25, 0.3) is 0 Å². The predicted molar refractivity (Wildman–Crippen MR) is 90.6 cm³/mol. The zero-order chi connectivity index (χ0) is 16.2. The Kier molecular flexibility index (Phi) is 4.99. The second-order valence-corrected chi connectivity index (χ2v) is 6.36. The highest BCUT2D eigenvalue weighted by Crippen LogP contribution is 2.22. The van der Waals surface area contributed by atoms with Crippen molar-refractivity contribution in [3.8, 4) is 0 Å². The van der Waals surface area contributed by atoms with Crippen LogP contribution in [0, 0.1) is 6.92 Å². The second-order valence-electron chi connectivity index (χ2n) is 6.36. The summed E-state index contributed by atoms with van der Waals surface area (Å²) in [6.07, 6.45) is 0. The molecular weight excluding hydrogens is 272 g/mol. The number of rotatable bonds is 5. The Labute approximate surface area is 132 Å². The molecule has 22 heavy (non-hydrogen) atoms. The standard InChI is InChI=1S/C19H24N2O/c1-14-9-11-15(12-10-14)17(20)18(22)21-13-19(2,3)16-7-5-4-6-8-16/h4-12,17H,13,20H2,1-3H3,(H,21,22). The summed E-state index contributed by atoms with van der Waals surface area (Å²) >= 11 is 0. The van der Waals surface area contributed by atoms with Crippen molar-refractivity contribution in [1.82, 2.24) is 5.32 Å². The van der Waals surface area contributed by atoms with Crippen LogP contribution in [0.1, 0.15) is 36.6 Å². The average Bonchev–Trinajstić information content (AvgIpc) is 2.53. The molecule has 3 nitrogen and oxygen atoms in total. The van der Waals surface area contributed by atoms with Crippen LogP contribution in [0.3, 0.4) is 0 Å². The maximum atomic E-state index is 12.3. The topological polar surface area (TPSA) is 55.1 Å². The lowest BCUT2D eigenvalue weighted by atomic mass is 9.84. The molecule has 116 valence electrons. The third-order valence-corrected chi connectivity index (χ3v) is 3.98. The Morgan fingerprint density at radius 1 is 1.09 bits per heavy atom. The summed E-state index contributed by atoms with van der Waals surface area (Å²) in [6, 6.07) is 17.3. The molecule has 0 fully saturated rings. The molecule has 2 rings (SSSR count). The number of carbonyl (C=O) groups is 1. The lowest BCUT2D eigenvalue weighted by Crippen LogP contribution is -2.41. The Morgan fingerprint density at radius 2 is 1.68 bits per heavy atom. The van der Waals surface area contributed by atoms with E-state index in [-0.39, 0.29) is 11.3 Å². The van der Waals surface area contributed by atoms with Crippen molar-refractivity contribution in [3.05, 3.63) is 71.3 Å². The van der Waals surface area contributed by atoms with Gasteiger partial charge < -0.3 is 11.1 Å². The van der Waals surface area contributed by atoms with Gasteiger partial charge in [-0.3, -0.25) is 4.79 Å². The number of benzene rings is 2. The molecule has 0 saturated heterocycles. The molecule has 0 aliphatic rings. The Morgan fingerprint density at radius 3 is 2.27 bits per heavy atom. The average molecular weight is 296 g/mol. The van der Waals surface area contributed by atoms with Crippen LogP contribution in [0.15, 0.2) is 54.6 Å². The number of hydrogen-bond donors (Lipinski definition) is 2. The summed E-state index contributed by atoms with van der Waals surface area (Å²) in [4.78, 5) is 12.3. The molecule has 0 heterocycles. The highest BCUT2D eigenvalue weighted by Gasteiger charge is 2.23. The monoisotopic (exact) mass is 296 g/mol. The fourth-order valence-corrected chi connectivity index (χ4v) is 2.33. The Bertz CT molecular complexity index is 618. The number of aryl methyl sites for hydroxylation is 1. The quantitative estimate of drug-likeness (QED) is 0.891. The number of nitrogens with two attached hydrogens (primary N) is 1. The highest BCUT2D eigenvalue weighted by atomic mass is 16.2. The Balaban J connectivity index is 1.99.